The maximum atomic E-state index is 12.7. The van der Waals surface area contributed by atoms with Crippen molar-refractivity contribution in [2.24, 2.45) is 5.92 Å². The van der Waals surface area contributed by atoms with E-state index in [0.29, 0.717) is 12.5 Å². The average molecular weight is 355 g/mol. The van der Waals surface area contributed by atoms with Gasteiger partial charge in [-0.25, -0.2) is 4.98 Å². The third kappa shape index (κ3) is 2.92. The Morgan fingerprint density at radius 3 is 2.76 bits per heavy atom. The molecule has 130 valence electrons. The fraction of sp³-hybridized carbons (Fsp3) is 0.526. The second-order valence-electron chi connectivity index (χ2n) is 7.46. The lowest BCUT2D eigenvalue weighted by atomic mass is 10.2. The lowest BCUT2D eigenvalue weighted by Crippen LogP contribution is -2.43. The van der Waals surface area contributed by atoms with Crippen LogP contribution < -0.4 is 5.32 Å². The van der Waals surface area contributed by atoms with E-state index >= 15 is 0 Å². The Kier molecular flexibility index (Phi) is 3.55. The summed E-state index contributed by atoms with van der Waals surface area (Å²) in [5.41, 5.74) is 1.81. The van der Waals surface area contributed by atoms with Crippen LogP contribution in [-0.4, -0.2) is 34.3 Å². The normalized spacial score (nSPS) is 23.2. The number of carbonyl (C=O) groups is 2. The SMILES string of the molecule is O=C(Nc1ccc2nc(C3CC3)sc2c1)[C@H]1CCCN1C(=O)C1CC1. The highest BCUT2D eigenvalue weighted by atomic mass is 32.1. The van der Waals surface area contributed by atoms with Gasteiger partial charge in [0.2, 0.25) is 11.8 Å². The predicted octanol–water partition coefficient (Wildman–Crippen LogP) is 3.51. The molecule has 1 aliphatic heterocycles. The summed E-state index contributed by atoms with van der Waals surface area (Å²) in [6.07, 6.45) is 6.13. The number of benzene rings is 1. The van der Waals surface area contributed by atoms with Gasteiger partial charge in [-0.1, -0.05) is 0 Å². The Bertz CT molecular complexity index is 853. The van der Waals surface area contributed by atoms with Crippen LogP contribution in [0.25, 0.3) is 10.2 Å². The minimum Gasteiger partial charge on any atom is -0.330 e. The van der Waals surface area contributed by atoms with Gasteiger partial charge in [-0.15, -0.1) is 11.3 Å². The molecule has 5 nitrogen and oxygen atoms in total. The minimum absolute atomic E-state index is 0.0576. The Morgan fingerprint density at radius 2 is 2.00 bits per heavy atom. The molecule has 1 aromatic carbocycles. The van der Waals surface area contributed by atoms with Gasteiger partial charge in [-0.05, 0) is 56.7 Å². The van der Waals surface area contributed by atoms with Crippen molar-refractivity contribution in [1.29, 1.82) is 0 Å². The van der Waals surface area contributed by atoms with Crippen molar-refractivity contribution in [1.82, 2.24) is 9.88 Å². The van der Waals surface area contributed by atoms with Crippen molar-refractivity contribution in [3.63, 3.8) is 0 Å². The number of hydrogen-bond donors (Lipinski definition) is 1. The Hall–Kier alpha value is -1.95. The van der Waals surface area contributed by atoms with Crippen molar-refractivity contribution < 1.29 is 9.59 Å². The summed E-state index contributed by atoms with van der Waals surface area (Å²) in [6.45, 7) is 0.714. The number of thiazole rings is 1. The minimum atomic E-state index is -0.313. The molecule has 0 spiro atoms. The molecule has 1 saturated heterocycles. The van der Waals surface area contributed by atoms with E-state index in [4.69, 9.17) is 0 Å². The van der Waals surface area contributed by atoms with Gasteiger partial charge in [-0.3, -0.25) is 9.59 Å². The summed E-state index contributed by atoms with van der Waals surface area (Å²) in [4.78, 5) is 31.6. The van der Waals surface area contributed by atoms with E-state index in [1.807, 2.05) is 18.2 Å². The van der Waals surface area contributed by atoms with Crippen molar-refractivity contribution in [2.75, 3.05) is 11.9 Å². The Balaban J connectivity index is 1.32. The second kappa shape index (κ2) is 5.80. The number of carbonyl (C=O) groups excluding carboxylic acids is 2. The molecule has 1 atom stereocenters. The van der Waals surface area contributed by atoms with Crippen molar-refractivity contribution in [3.8, 4) is 0 Å². The number of anilines is 1. The van der Waals surface area contributed by atoms with E-state index in [0.717, 1.165) is 41.6 Å². The van der Waals surface area contributed by atoms with Crippen LogP contribution in [-0.2, 0) is 9.59 Å². The van der Waals surface area contributed by atoms with Crippen LogP contribution in [0, 0.1) is 5.92 Å². The van der Waals surface area contributed by atoms with Gasteiger partial charge in [-0.2, -0.15) is 0 Å². The fourth-order valence-corrected chi connectivity index (χ4v) is 4.79. The molecule has 2 aromatic rings. The third-order valence-corrected chi connectivity index (χ3v) is 6.54. The average Bonchev–Trinajstić information content (AvgIpc) is 3.53. The van der Waals surface area contributed by atoms with E-state index in [9.17, 15) is 9.59 Å². The zero-order valence-corrected chi connectivity index (χ0v) is 14.8. The molecule has 0 radical (unpaired) electrons. The standard InChI is InChI=1S/C19H21N3O2S/c23-17(15-2-1-9-22(15)19(24)12-5-6-12)20-13-7-8-14-16(10-13)25-18(21-14)11-3-4-11/h7-8,10-12,15H,1-6,9H2,(H,20,23)/t15-/m1/s1. The van der Waals surface area contributed by atoms with E-state index in [1.165, 1.54) is 17.8 Å². The molecule has 2 aliphatic carbocycles. The van der Waals surface area contributed by atoms with Crippen LogP contribution in [0.15, 0.2) is 18.2 Å². The first-order valence-electron chi connectivity index (χ1n) is 9.21. The molecule has 1 N–H and O–H groups in total. The number of nitrogens with zero attached hydrogens (tertiary/aromatic N) is 2. The zero-order chi connectivity index (χ0) is 17.0. The number of rotatable bonds is 4. The van der Waals surface area contributed by atoms with Crippen LogP contribution in [0.1, 0.15) is 49.5 Å². The molecule has 3 fully saturated rings. The number of aromatic nitrogens is 1. The highest BCUT2D eigenvalue weighted by molar-refractivity contribution is 7.18. The summed E-state index contributed by atoms with van der Waals surface area (Å²) in [7, 11) is 0. The number of hydrogen-bond acceptors (Lipinski definition) is 4. The first-order valence-corrected chi connectivity index (χ1v) is 10.0. The molecule has 1 aromatic heterocycles. The quantitative estimate of drug-likeness (QED) is 0.913. The molecule has 5 rings (SSSR count). The predicted molar refractivity (Wildman–Crippen MR) is 97.7 cm³/mol. The fourth-order valence-electron chi connectivity index (χ4n) is 3.62. The second-order valence-corrected chi connectivity index (χ2v) is 8.52. The number of likely N-dealkylation sites (tertiary alicyclic amines) is 1. The van der Waals surface area contributed by atoms with Crippen molar-refractivity contribution in [2.45, 2.75) is 50.5 Å². The van der Waals surface area contributed by atoms with Crippen LogP contribution in [0.3, 0.4) is 0 Å². The molecule has 2 heterocycles. The summed E-state index contributed by atoms with van der Waals surface area (Å²) in [6, 6.07) is 5.60. The van der Waals surface area contributed by atoms with Gasteiger partial charge >= 0.3 is 0 Å². The van der Waals surface area contributed by atoms with E-state index in [2.05, 4.69) is 10.3 Å². The monoisotopic (exact) mass is 355 g/mol. The highest BCUT2D eigenvalue weighted by Gasteiger charge is 2.40. The zero-order valence-electron chi connectivity index (χ0n) is 14.0. The first-order chi connectivity index (χ1) is 12.2. The Labute approximate surface area is 150 Å². The van der Waals surface area contributed by atoms with E-state index < -0.39 is 0 Å². The van der Waals surface area contributed by atoms with Crippen molar-refractivity contribution >= 4 is 39.1 Å². The van der Waals surface area contributed by atoms with Crippen LogP contribution in [0.4, 0.5) is 5.69 Å². The van der Waals surface area contributed by atoms with Crippen LogP contribution in [0.5, 0.6) is 0 Å². The molecular formula is C19H21N3O2S. The summed E-state index contributed by atoms with van der Waals surface area (Å²) >= 11 is 1.73. The van der Waals surface area contributed by atoms with Gasteiger partial charge in [0.1, 0.15) is 6.04 Å². The smallest absolute Gasteiger partial charge is 0.247 e. The van der Waals surface area contributed by atoms with Gasteiger partial charge in [0.15, 0.2) is 0 Å². The molecule has 2 amide bonds. The van der Waals surface area contributed by atoms with E-state index in [-0.39, 0.29) is 23.8 Å². The molecule has 2 saturated carbocycles. The van der Waals surface area contributed by atoms with Gasteiger partial charge in [0.25, 0.3) is 0 Å². The summed E-state index contributed by atoms with van der Waals surface area (Å²) in [5.74, 6) is 0.932. The van der Waals surface area contributed by atoms with E-state index in [1.54, 1.807) is 16.2 Å². The third-order valence-electron chi connectivity index (χ3n) is 5.36. The van der Waals surface area contributed by atoms with Crippen molar-refractivity contribution in [3.05, 3.63) is 23.2 Å². The van der Waals surface area contributed by atoms with Gasteiger partial charge in [0, 0.05) is 24.1 Å². The molecule has 0 bridgehead atoms. The molecule has 3 aliphatic rings. The molecule has 25 heavy (non-hydrogen) atoms. The number of amides is 2. The van der Waals surface area contributed by atoms with Gasteiger partial charge < -0.3 is 10.2 Å². The molecule has 0 unspecified atom stereocenters. The molecular weight excluding hydrogens is 334 g/mol. The van der Waals surface area contributed by atoms with Crippen LogP contribution >= 0.6 is 11.3 Å². The summed E-state index contributed by atoms with van der Waals surface area (Å²) in [5, 5.41) is 4.24. The topological polar surface area (TPSA) is 62.3 Å². The lowest BCUT2D eigenvalue weighted by molar-refractivity contribution is -0.137. The highest BCUT2D eigenvalue weighted by Crippen LogP contribution is 2.43. The Morgan fingerprint density at radius 1 is 1.16 bits per heavy atom. The number of fused-ring (bicyclic) bond motifs is 1. The first kappa shape index (κ1) is 15.3. The maximum absolute atomic E-state index is 12.7. The molecule has 6 heteroatoms. The number of nitrogens with one attached hydrogen (secondary N) is 1. The lowest BCUT2D eigenvalue weighted by Gasteiger charge is -2.24. The van der Waals surface area contributed by atoms with Gasteiger partial charge in [0.05, 0.1) is 15.2 Å². The largest absolute Gasteiger partial charge is 0.330 e. The maximum Gasteiger partial charge on any atom is 0.247 e. The van der Waals surface area contributed by atoms with Crippen LogP contribution in [0.2, 0.25) is 0 Å². The summed E-state index contributed by atoms with van der Waals surface area (Å²) < 4.78 is 1.12.